The molecule has 3 aromatic carbocycles. The van der Waals surface area contributed by atoms with E-state index in [1.54, 1.807) is 12.6 Å². The number of aromatic amines is 1. The molecule has 0 fully saturated rings. The van der Waals surface area contributed by atoms with Gasteiger partial charge in [-0.05, 0) is 23.3 Å². The largest absolute Gasteiger partial charge is 0.497 e. The van der Waals surface area contributed by atoms with Crippen LogP contribution in [0.2, 0.25) is 0 Å². The van der Waals surface area contributed by atoms with Crippen molar-refractivity contribution >= 4 is 28.6 Å². The van der Waals surface area contributed by atoms with E-state index < -0.39 is 0 Å². The van der Waals surface area contributed by atoms with Gasteiger partial charge in [0.05, 0.1) is 29.4 Å². The van der Waals surface area contributed by atoms with Crippen molar-refractivity contribution in [3.8, 4) is 39.3 Å². The van der Waals surface area contributed by atoms with Crippen LogP contribution in [0.25, 0.3) is 39.2 Å². The van der Waals surface area contributed by atoms with Crippen LogP contribution < -0.4 is 15.6 Å². The van der Waals surface area contributed by atoms with Gasteiger partial charge in [0.2, 0.25) is 0 Å². The molecule has 0 saturated heterocycles. The molecule has 3 heterocycles. The molecule has 2 N–H and O–H groups in total. The number of rotatable bonds is 6. The van der Waals surface area contributed by atoms with E-state index in [1.165, 1.54) is 15.9 Å². The van der Waals surface area contributed by atoms with Crippen molar-refractivity contribution in [2.75, 3.05) is 12.4 Å². The number of fused-ring (bicyclic) bond motifs is 1. The molecule has 176 valence electrons. The molecule has 0 aliphatic heterocycles. The molecule has 0 radical (unpaired) electrons. The van der Waals surface area contributed by atoms with Crippen LogP contribution >= 0.6 is 11.3 Å². The Labute approximate surface area is 210 Å². The second kappa shape index (κ2) is 9.16. The minimum absolute atomic E-state index is 0.220. The molecule has 3 aromatic heterocycles. The van der Waals surface area contributed by atoms with E-state index in [-0.39, 0.29) is 5.56 Å². The van der Waals surface area contributed by atoms with Crippen molar-refractivity contribution in [2.45, 2.75) is 0 Å². The first kappa shape index (κ1) is 21.8. The maximum atomic E-state index is 14.1. The molecule has 0 spiro atoms. The lowest BCUT2D eigenvalue weighted by Crippen LogP contribution is -2.19. The van der Waals surface area contributed by atoms with Crippen LogP contribution in [0.1, 0.15) is 0 Å². The monoisotopic (exact) mass is 491 g/mol. The Balaban J connectivity index is 1.67. The fourth-order valence-electron chi connectivity index (χ4n) is 4.27. The first-order valence-electron chi connectivity index (χ1n) is 11.3. The van der Waals surface area contributed by atoms with Gasteiger partial charge in [-0.25, -0.2) is 9.97 Å². The van der Waals surface area contributed by atoms with Gasteiger partial charge in [-0.2, -0.15) is 4.52 Å². The van der Waals surface area contributed by atoms with Crippen molar-refractivity contribution in [1.29, 1.82) is 0 Å². The summed E-state index contributed by atoms with van der Waals surface area (Å²) in [6.07, 6.45) is 0. The number of hydrogen-bond acceptors (Lipinski definition) is 6. The molecule has 0 saturated carbocycles. The Morgan fingerprint density at radius 3 is 2.17 bits per heavy atom. The number of hydrogen-bond donors (Lipinski definition) is 2. The van der Waals surface area contributed by atoms with Gasteiger partial charge in [0.1, 0.15) is 17.4 Å². The van der Waals surface area contributed by atoms with Crippen LogP contribution in [0, 0.1) is 0 Å². The van der Waals surface area contributed by atoms with Gasteiger partial charge in [0.25, 0.3) is 5.56 Å². The van der Waals surface area contributed by atoms with Crippen molar-refractivity contribution in [2.24, 2.45) is 0 Å². The van der Waals surface area contributed by atoms with Gasteiger partial charge in [-0.1, -0.05) is 72.8 Å². The Bertz CT molecular complexity index is 1690. The number of H-pyrrole nitrogens is 1. The van der Waals surface area contributed by atoms with Gasteiger partial charge in [-0.15, -0.1) is 11.3 Å². The maximum Gasteiger partial charge on any atom is 0.282 e. The normalized spacial score (nSPS) is 11.0. The van der Waals surface area contributed by atoms with Gasteiger partial charge in [0.15, 0.2) is 5.65 Å². The molecule has 0 aliphatic rings. The third-order valence-electron chi connectivity index (χ3n) is 5.96. The molecule has 6 aromatic rings. The number of anilines is 2. The predicted molar refractivity (Wildman–Crippen MR) is 144 cm³/mol. The van der Waals surface area contributed by atoms with E-state index in [4.69, 9.17) is 9.72 Å². The fraction of sp³-hybridized carbons (Fsp3) is 0.0357. The molecule has 7 nitrogen and oxygen atoms in total. The van der Waals surface area contributed by atoms with Crippen LogP contribution in [-0.2, 0) is 0 Å². The average Bonchev–Trinajstić information content (AvgIpc) is 3.58. The molecule has 36 heavy (non-hydrogen) atoms. The predicted octanol–water partition coefficient (Wildman–Crippen LogP) is 6.23. The molecule has 0 atom stereocenters. The summed E-state index contributed by atoms with van der Waals surface area (Å²) in [6.45, 7) is 0. The highest BCUT2D eigenvalue weighted by Gasteiger charge is 2.23. The minimum Gasteiger partial charge on any atom is -0.497 e. The summed E-state index contributed by atoms with van der Waals surface area (Å²) in [5, 5.41) is 8.49. The molecular weight excluding hydrogens is 470 g/mol. The van der Waals surface area contributed by atoms with Crippen molar-refractivity contribution in [3.63, 3.8) is 0 Å². The average molecular weight is 492 g/mol. The van der Waals surface area contributed by atoms with Crippen LogP contribution in [0.3, 0.4) is 0 Å². The van der Waals surface area contributed by atoms with E-state index >= 15 is 0 Å². The number of thiazole rings is 1. The molecule has 0 bridgehead atoms. The molecule has 0 unspecified atom stereocenters. The van der Waals surface area contributed by atoms with Crippen LogP contribution in [0.5, 0.6) is 5.75 Å². The smallest absolute Gasteiger partial charge is 0.282 e. The number of nitrogens with one attached hydrogen (secondary N) is 2. The van der Waals surface area contributed by atoms with Crippen LogP contribution in [-0.4, -0.2) is 26.7 Å². The highest BCUT2D eigenvalue weighted by molar-refractivity contribution is 7.07. The van der Waals surface area contributed by atoms with Crippen molar-refractivity contribution in [1.82, 2.24) is 19.6 Å². The van der Waals surface area contributed by atoms with E-state index in [2.05, 4.69) is 15.4 Å². The quantitative estimate of drug-likeness (QED) is 0.288. The highest BCUT2D eigenvalue weighted by Crippen LogP contribution is 2.36. The van der Waals surface area contributed by atoms with Crippen molar-refractivity contribution in [3.05, 3.63) is 106 Å². The molecule has 0 amide bonds. The van der Waals surface area contributed by atoms with E-state index in [9.17, 15) is 4.79 Å². The third-order valence-corrected chi connectivity index (χ3v) is 6.55. The zero-order valence-corrected chi connectivity index (χ0v) is 20.1. The molecule has 8 heteroatoms. The van der Waals surface area contributed by atoms with Crippen LogP contribution in [0.4, 0.5) is 11.6 Å². The summed E-state index contributed by atoms with van der Waals surface area (Å²) >= 11 is 1.47. The first-order chi connectivity index (χ1) is 17.7. The minimum atomic E-state index is -0.220. The second-order valence-electron chi connectivity index (χ2n) is 8.12. The van der Waals surface area contributed by atoms with Crippen LogP contribution in [0.15, 0.2) is 101 Å². The topological polar surface area (TPSA) is 84.3 Å². The lowest BCUT2D eigenvalue weighted by Gasteiger charge is -2.11. The first-order valence-corrected chi connectivity index (χ1v) is 12.3. The Hall–Kier alpha value is -4.69. The van der Waals surface area contributed by atoms with Gasteiger partial charge in [-0.3, -0.25) is 9.89 Å². The van der Waals surface area contributed by atoms with E-state index in [1.807, 2.05) is 90.3 Å². The Morgan fingerprint density at radius 2 is 1.53 bits per heavy atom. The SMILES string of the molecule is COc1ccc(-c2c(Nc3cscn3)nc3c(-c4ccccc4)c(-c4ccccc4)[nH]n3c2=O)cc1. The summed E-state index contributed by atoms with van der Waals surface area (Å²) < 4.78 is 6.83. The number of nitrogens with zero attached hydrogens (tertiary/aromatic N) is 3. The summed E-state index contributed by atoms with van der Waals surface area (Å²) in [5.74, 6) is 1.78. The summed E-state index contributed by atoms with van der Waals surface area (Å²) in [5.41, 5.74) is 6.78. The fourth-order valence-corrected chi connectivity index (χ4v) is 4.75. The Kier molecular flexibility index (Phi) is 5.55. The summed E-state index contributed by atoms with van der Waals surface area (Å²) in [7, 11) is 1.61. The zero-order chi connectivity index (χ0) is 24.5. The van der Waals surface area contributed by atoms with E-state index in [0.29, 0.717) is 28.6 Å². The van der Waals surface area contributed by atoms with Gasteiger partial charge >= 0.3 is 0 Å². The standard InChI is InChI=1S/C28H21N5O2S/c1-35-21-14-12-19(13-15-21)24-26(30-22-16-36-17-29-22)31-27-23(18-8-4-2-5-9-18)25(32-33(27)28(24)34)20-10-6-3-7-11-20/h2-17,30,32H,1H3. The summed E-state index contributed by atoms with van der Waals surface area (Å²) in [6, 6.07) is 27.3. The van der Waals surface area contributed by atoms with E-state index in [0.717, 1.165) is 27.9 Å². The molecular formula is C28H21N5O2S. The number of benzene rings is 3. The summed E-state index contributed by atoms with van der Waals surface area (Å²) in [4.78, 5) is 23.4. The number of ether oxygens (including phenoxy) is 1. The number of aromatic nitrogens is 4. The maximum absolute atomic E-state index is 14.1. The second-order valence-corrected chi connectivity index (χ2v) is 8.84. The third kappa shape index (κ3) is 3.83. The van der Waals surface area contributed by atoms with Gasteiger partial charge in [0, 0.05) is 10.9 Å². The lowest BCUT2D eigenvalue weighted by molar-refractivity contribution is 0.415. The van der Waals surface area contributed by atoms with Crippen molar-refractivity contribution < 1.29 is 4.74 Å². The Morgan fingerprint density at radius 1 is 0.861 bits per heavy atom. The number of methoxy groups -OCH3 is 1. The zero-order valence-electron chi connectivity index (χ0n) is 19.3. The molecule has 6 rings (SSSR count). The lowest BCUT2D eigenvalue weighted by atomic mass is 10.0. The molecule has 0 aliphatic carbocycles. The highest BCUT2D eigenvalue weighted by atomic mass is 32.1. The van der Waals surface area contributed by atoms with Gasteiger partial charge < -0.3 is 10.1 Å².